The van der Waals surface area contributed by atoms with E-state index in [2.05, 4.69) is 10.6 Å². The maximum Gasteiger partial charge on any atom is 0.417 e. The standard InChI is InChI=1S/C14H13F6N3O/c1-8(22-5-4-13(15,16)17)12(24)23-10-3-2-9(7-21)11(6-10)14(18,19)20/h2-3,6,8,22H,4-5H2,1H3,(H,23,24)/t8-/m0/s1. The van der Waals surface area contributed by atoms with Crippen LogP contribution in [0.2, 0.25) is 0 Å². The van der Waals surface area contributed by atoms with Crippen molar-refractivity contribution in [2.75, 3.05) is 11.9 Å². The molecule has 1 rings (SSSR count). The highest BCUT2D eigenvalue weighted by Gasteiger charge is 2.34. The van der Waals surface area contributed by atoms with Gasteiger partial charge in [-0.25, -0.2) is 0 Å². The molecule has 0 fully saturated rings. The van der Waals surface area contributed by atoms with Gasteiger partial charge in [0, 0.05) is 12.2 Å². The first-order valence-electron chi connectivity index (χ1n) is 6.66. The molecule has 0 unspecified atom stereocenters. The average molecular weight is 353 g/mol. The van der Waals surface area contributed by atoms with E-state index in [-0.39, 0.29) is 5.69 Å². The molecule has 132 valence electrons. The molecule has 0 heterocycles. The van der Waals surface area contributed by atoms with Crippen LogP contribution in [-0.4, -0.2) is 24.7 Å². The van der Waals surface area contributed by atoms with E-state index < -0.39 is 48.4 Å². The Morgan fingerprint density at radius 3 is 2.38 bits per heavy atom. The fourth-order valence-electron chi connectivity index (χ4n) is 1.73. The highest BCUT2D eigenvalue weighted by Crippen LogP contribution is 2.33. The summed E-state index contributed by atoms with van der Waals surface area (Å²) in [5.41, 5.74) is -2.02. The lowest BCUT2D eigenvalue weighted by molar-refractivity contribution is -0.137. The second-order valence-corrected chi connectivity index (χ2v) is 4.90. The second kappa shape index (κ2) is 7.53. The molecule has 0 bridgehead atoms. The van der Waals surface area contributed by atoms with Gasteiger partial charge in [-0.05, 0) is 25.1 Å². The SMILES string of the molecule is C[C@H](NCCC(F)(F)F)C(=O)Nc1ccc(C#N)c(C(F)(F)F)c1. The molecule has 0 saturated heterocycles. The third kappa shape index (κ3) is 6.08. The minimum Gasteiger partial charge on any atom is -0.325 e. The Morgan fingerprint density at radius 2 is 1.88 bits per heavy atom. The van der Waals surface area contributed by atoms with Crippen LogP contribution in [-0.2, 0) is 11.0 Å². The van der Waals surface area contributed by atoms with E-state index in [9.17, 15) is 31.1 Å². The van der Waals surface area contributed by atoms with Gasteiger partial charge < -0.3 is 10.6 Å². The van der Waals surface area contributed by atoms with E-state index in [4.69, 9.17) is 5.26 Å². The summed E-state index contributed by atoms with van der Waals surface area (Å²) in [7, 11) is 0. The van der Waals surface area contributed by atoms with Crippen LogP contribution in [0.3, 0.4) is 0 Å². The molecule has 10 heteroatoms. The van der Waals surface area contributed by atoms with Gasteiger partial charge >= 0.3 is 12.4 Å². The summed E-state index contributed by atoms with van der Waals surface area (Å²) in [5.74, 6) is -0.796. The second-order valence-electron chi connectivity index (χ2n) is 4.90. The van der Waals surface area contributed by atoms with Crippen LogP contribution >= 0.6 is 0 Å². The minimum absolute atomic E-state index is 0.212. The van der Waals surface area contributed by atoms with Crippen molar-refractivity contribution in [3.8, 4) is 6.07 Å². The van der Waals surface area contributed by atoms with Crippen molar-refractivity contribution in [1.29, 1.82) is 5.26 Å². The van der Waals surface area contributed by atoms with Gasteiger partial charge in [0.1, 0.15) is 0 Å². The van der Waals surface area contributed by atoms with E-state index in [0.717, 1.165) is 12.1 Å². The third-order valence-corrected chi connectivity index (χ3v) is 2.97. The third-order valence-electron chi connectivity index (χ3n) is 2.97. The lowest BCUT2D eigenvalue weighted by Crippen LogP contribution is -2.39. The van der Waals surface area contributed by atoms with Crippen molar-refractivity contribution < 1.29 is 31.1 Å². The van der Waals surface area contributed by atoms with Crippen molar-refractivity contribution in [2.45, 2.75) is 31.7 Å². The number of nitrogens with one attached hydrogen (secondary N) is 2. The number of halogens is 6. The smallest absolute Gasteiger partial charge is 0.325 e. The van der Waals surface area contributed by atoms with E-state index >= 15 is 0 Å². The Morgan fingerprint density at radius 1 is 1.25 bits per heavy atom. The van der Waals surface area contributed by atoms with E-state index in [1.165, 1.54) is 13.0 Å². The molecule has 1 amide bonds. The number of nitrogens with zero attached hydrogens (tertiary/aromatic N) is 1. The highest BCUT2D eigenvalue weighted by molar-refractivity contribution is 5.94. The zero-order chi connectivity index (χ0) is 18.5. The Labute approximate surface area is 133 Å². The van der Waals surface area contributed by atoms with Crippen molar-refractivity contribution in [2.24, 2.45) is 0 Å². The van der Waals surface area contributed by atoms with Crippen LogP contribution in [0.1, 0.15) is 24.5 Å². The van der Waals surface area contributed by atoms with Crippen molar-refractivity contribution in [3.05, 3.63) is 29.3 Å². The molecule has 0 aliphatic heterocycles. The Balaban J connectivity index is 2.75. The van der Waals surface area contributed by atoms with Gasteiger partial charge in [-0.3, -0.25) is 4.79 Å². The summed E-state index contributed by atoms with van der Waals surface area (Å²) in [5, 5.41) is 13.1. The van der Waals surface area contributed by atoms with Gasteiger partial charge in [0.15, 0.2) is 0 Å². The van der Waals surface area contributed by atoms with Gasteiger partial charge in [0.25, 0.3) is 0 Å². The predicted molar refractivity (Wildman–Crippen MR) is 72.9 cm³/mol. The molecule has 0 radical (unpaired) electrons. The predicted octanol–water partition coefficient (Wildman–Crippen LogP) is 3.45. The highest BCUT2D eigenvalue weighted by atomic mass is 19.4. The molecule has 4 nitrogen and oxygen atoms in total. The first kappa shape index (κ1) is 19.8. The van der Waals surface area contributed by atoms with Crippen LogP contribution in [0, 0.1) is 11.3 Å². The van der Waals surface area contributed by atoms with Crippen LogP contribution in [0.5, 0.6) is 0 Å². The molecular weight excluding hydrogens is 340 g/mol. The molecule has 2 N–H and O–H groups in total. The van der Waals surface area contributed by atoms with Gasteiger partial charge in [0.05, 0.1) is 29.7 Å². The number of anilines is 1. The number of alkyl halides is 6. The summed E-state index contributed by atoms with van der Waals surface area (Å²) in [6, 6.07) is 2.96. The molecule has 24 heavy (non-hydrogen) atoms. The maximum absolute atomic E-state index is 12.8. The van der Waals surface area contributed by atoms with E-state index in [1.807, 2.05) is 0 Å². The Bertz CT molecular complexity index is 633. The number of nitriles is 1. The van der Waals surface area contributed by atoms with Crippen molar-refractivity contribution in [1.82, 2.24) is 5.32 Å². The number of rotatable bonds is 5. The monoisotopic (exact) mass is 353 g/mol. The zero-order valence-corrected chi connectivity index (χ0v) is 12.3. The van der Waals surface area contributed by atoms with Crippen LogP contribution in [0.15, 0.2) is 18.2 Å². The van der Waals surface area contributed by atoms with Gasteiger partial charge in [0.2, 0.25) is 5.91 Å². The number of hydrogen-bond donors (Lipinski definition) is 2. The Hall–Kier alpha value is -2.28. The number of hydrogen-bond acceptors (Lipinski definition) is 3. The normalized spacial score (nSPS) is 13.2. The maximum atomic E-state index is 12.8. The number of amides is 1. The average Bonchev–Trinajstić information content (AvgIpc) is 2.44. The van der Waals surface area contributed by atoms with Gasteiger partial charge in [-0.1, -0.05) is 0 Å². The molecule has 1 atom stereocenters. The lowest BCUT2D eigenvalue weighted by Gasteiger charge is -2.16. The minimum atomic E-state index is -4.78. The molecular formula is C14H13F6N3O. The van der Waals surface area contributed by atoms with Crippen LogP contribution in [0.25, 0.3) is 0 Å². The quantitative estimate of drug-likeness (QED) is 0.797. The van der Waals surface area contributed by atoms with E-state index in [0.29, 0.717) is 6.07 Å². The first-order chi connectivity index (χ1) is 10.9. The molecule has 0 aliphatic rings. The van der Waals surface area contributed by atoms with Crippen molar-refractivity contribution >= 4 is 11.6 Å². The van der Waals surface area contributed by atoms with Crippen LogP contribution in [0.4, 0.5) is 32.0 Å². The van der Waals surface area contributed by atoms with Crippen molar-refractivity contribution in [3.63, 3.8) is 0 Å². The Kier molecular flexibility index (Phi) is 6.20. The molecule has 0 saturated carbocycles. The number of carbonyl (C=O) groups excluding carboxylic acids is 1. The topological polar surface area (TPSA) is 64.9 Å². The molecule has 0 aromatic heterocycles. The summed E-state index contributed by atoms with van der Waals surface area (Å²) < 4.78 is 74.4. The largest absolute Gasteiger partial charge is 0.417 e. The molecule has 0 spiro atoms. The van der Waals surface area contributed by atoms with Gasteiger partial charge in [-0.2, -0.15) is 31.6 Å². The van der Waals surface area contributed by atoms with Gasteiger partial charge in [-0.15, -0.1) is 0 Å². The number of benzene rings is 1. The van der Waals surface area contributed by atoms with Crippen LogP contribution < -0.4 is 10.6 Å². The fourth-order valence-corrected chi connectivity index (χ4v) is 1.73. The molecule has 0 aliphatic carbocycles. The lowest BCUT2D eigenvalue weighted by atomic mass is 10.1. The first-order valence-corrected chi connectivity index (χ1v) is 6.66. The zero-order valence-electron chi connectivity index (χ0n) is 12.3. The molecule has 1 aromatic carbocycles. The summed E-state index contributed by atoms with van der Waals surface area (Å²) in [6.45, 7) is 0.777. The summed E-state index contributed by atoms with van der Waals surface area (Å²) in [6.07, 6.45) is -10.3. The fraction of sp³-hybridized carbons (Fsp3) is 0.429. The molecule has 1 aromatic rings. The van der Waals surface area contributed by atoms with E-state index in [1.54, 1.807) is 0 Å². The summed E-state index contributed by atoms with van der Waals surface area (Å²) >= 11 is 0. The number of carbonyl (C=O) groups is 1. The summed E-state index contributed by atoms with van der Waals surface area (Å²) in [4.78, 5) is 11.8.